The molecular weight excluding hydrogens is 344 g/mol. The van der Waals surface area contributed by atoms with E-state index < -0.39 is 0 Å². The maximum atomic E-state index is 12.4. The van der Waals surface area contributed by atoms with Gasteiger partial charge in [-0.2, -0.15) is 10.1 Å². The first kappa shape index (κ1) is 18.3. The van der Waals surface area contributed by atoms with Gasteiger partial charge in [-0.25, -0.2) is 9.97 Å². The minimum atomic E-state index is -0.148. The Bertz CT molecular complexity index is 906. The van der Waals surface area contributed by atoms with Crippen LogP contribution >= 0.6 is 0 Å². The van der Waals surface area contributed by atoms with Gasteiger partial charge in [-0.1, -0.05) is 12.1 Å². The van der Waals surface area contributed by atoms with Gasteiger partial charge in [0, 0.05) is 37.3 Å². The lowest BCUT2D eigenvalue weighted by Gasteiger charge is -2.14. The van der Waals surface area contributed by atoms with E-state index in [1.165, 1.54) is 6.33 Å². The highest BCUT2D eigenvalue weighted by molar-refractivity contribution is 5.94. The molecule has 0 spiro atoms. The predicted octanol–water partition coefficient (Wildman–Crippen LogP) is 1.20. The molecule has 2 aromatic heterocycles. The van der Waals surface area contributed by atoms with Gasteiger partial charge in [0.1, 0.15) is 18.5 Å². The number of nitrogens with one attached hydrogen (secondary N) is 1. The Morgan fingerprint density at radius 3 is 2.63 bits per heavy atom. The molecular formula is C18H22N8O. The maximum absolute atomic E-state index is 12.4. The molecule has 1 atom stereocenters. The van der Waals surface area contributed by atoms with Crippen molar-refractivity contribution in [2.75, 3.05) is 24.7 Å². The molecule has 27 heavy (non-hydrogen) atoms. The molecule has 9 nitrogen and oxygen atoms in total. The first-order chi connectivity index (χ1) is 12.9. The summed E-state index contributed by atoms with van der Waals surface area (Å²) in [4.78, 5) is 26.8. The highest BCUT2D eigenvalue weighted by Crippen LogP contribution is 2.21. The number of hydrogen-bond acceptors (Lipinski definition) is 7. The summed E-state index contributed by atoms with van der Waals surface area (Å²) in [6.07, 6.45) is 3.09. The van der Waals surface area contributed by atoms with Crippen LogP contribution in [0.5, 0.6) is 0 Å². The van der Waals surface area contributed by atoms with E-state index in [0.717, 1.165) is 5.56 Å². The molecule has 0 saturated heterocycles. The summed E-state index contributed by atoms with van der Waals surface area (Å²) in [5, 5.41) is 6.98. The van der Waals surface area contributed by atoms with Crippen molar-refractivity contribution in [1.29, 1.82) is 0 Å². The zero-order valence-corrected chi connectivity index (χ0v) is 15.5. The summed E-state index contributed by atoms with van der Waals surface area (Å²) in [6.45, 7) is 2.47. The molecule has 1 amide bonds. The van der Waals surface area contributed by atoms with E-state index in [9.17, 15) is 4.79 Å². The van der Waals surface area contributed by atoms with Crippen molar-refractivity contribution in [3.05, 3.63) is 48.5 Å². The fourth-order valence-electron chi connectivity index (χ4n) is 2.55. The third-order valence-corrected chi connectivity index (χ3v) is 3.88. The number of benzene rings is 1. The van der Waals surface area contributed by atoms with Crippen LogP contribution in [0, 0.1) is 0 Å². The van der Waals surface area contributed by atoms with Crippen molar-refractivity contribution in [1.82, 2.24) is 30.0 Å². The number of nitrogen functional groups attached to an aromatic ring is 1. The van der Waals surface area contributed by atoms with Crippen molar-refractivity contribution >= 4 is 17.7 Å². The van der Waals surface area contributed by atoms with Crippen molar-refractivity contribution in [3.8, 4) is 11.3 Å². The van der Waals surface area contributed by atoms with E-state index in [4.69, 9.17) is 5.73 Å². The van der Waals surface area contributed by atoms with Crippen molar-refractivity contribution in [2.24, 2.45) is 0 Å². The van der Waals surface area contributed by atoms with Crippen molar-refractivity contribution < 1.29 is 4.79 Å². The van der Waals surface area contributed by atoms with Gasteiger partial charge in [-0.15, -0.1) is 0 Å². The number of nitrogens with two attached hydrogens (primary N) is 1. The maximum Gasteiger partial charge on any atom is 0.251 e. The number of carbonyl (C=O) groups excluding carboxylic acids is 1. The quantitative estimate of drug-likeness (QED) is 0.673. The zero-order valence-electron chi connectivity index (χ0n) is 15.5. The second kappa shape index (κ2) is 7.81. The van der Waals surface area contributed by atoms with Gasteiger partial charge < -0.3 is 16.0 Å². The molecule has 0 aliphatic carbocycles. The van der Waals surface area contributed by atoms with Crippen LogP contribution in [0.4, 0.5) is 11.8 Å². The Morgan fingerprint density at radius 2 is 2.00 bits per heavy atom. The third kappa shape index (κ3) is 4.57. The van der Waals surface area contributed by atoms with E-state index >= 15 is 0 Å². The van der Waals surface area contributed by atoms with E-state index in [1.807, 2.05) is 33.2 Å². The predicted molar refractivity (Wildman–Crippen MR) is 103 cm³/mol. The van der Waals surface area contributed by atoms with E-state index in [-0.39, 0.29) is 11.9 Å². The molecule has 3 aromatic rings. The molecule has 3 rings (SSSR count). The van der Waals surface area contributed by atoms with Gasteiger partial charge in [-0.3, -0.25) is 9.48 Å². The molecule has 1 aromatic carbocycles. The van der Waals surface area contributed by atoms with E-state index in [2.05, 4.69) is 25.4 Å². The van der Waals surface area contributed by atoms with Crippen LogP contribution in [0.25, 0.3) is 11.3 Å². The lowest BCUT2D eigenvalue weighted by Crippen LogP contribution is -2.35. The fourth-order valence-corrected chi connectivity index (χ4v) is 2.55. The van der Waals surface area contributed by atoms with Crippen LogP contribution in [0.2, 0.25) is 0 Å². The number of hydrogen-bond donors (Lipinski definition) is 2. The van der Waals surface area contributed by atoms with Crippen LogP contribution in [0.1, 0.15) is 17.3 Å². The molecule has 9 heteroatoms. The Kier molecular flexibility index (Phi) is 5.30. The number of aromatic nitrogens is 5. The monoisotopic (exact) mass is 366 g/mol. The molecule has 0 saturated carbocycles. The molecule has 0 aliphatic heterocycles. The lowest BCUT2D eigenvalue weighted by atomic mass is 10.1. The summed E-state index contributed by atoms with van der Waals surface area (Å²) in [6, 6.07) is 8.85. The van der Waals surface area contributed by atoms with Gasteiger partial charge in [0.15, 0.2) is 0 Å². The van der Waals surface area contributed by atoms with E-state index in [1.54, 1.807) is 34.1 Å². The number of rotatable bonds is 6. The summed E-state index contributed by atoms with van der Waals surface area (Å²) in [5.74, 6) is 0.784. The molecule has 0 radical (unpaired) electrons. The number of carbonyl (C=O) groups is 1. The number of nitrogens with zero attached hydrogens (tertiary/aromatic N) is 6. The Labute approximate surface area is 157 Å². The van der Waals surface area contributed by atoms with Gasteiger partial charge >= 0.3 is 0 Å². The zero-order chi connectivity index (χ0) is 19.4. The average molecular weight is 366 g/mol. The molecule has 0 aliphatic rings. The molecule has 0 bridgehead atoms. The molecule has 0 fully saturated rings. The minimum Gasteiger partial charge on any atom is -0.384 e. The lowest BCUT2D eigenvalue weighted by molar-refractivity contribution is 0.0936. The van der Waals surface area contributed by atoms with Crippen LogP contribution in [-0.4, -0.2) is 50.8 Å². The first-order valence-corrected chi connectivity index (χ1v) is 8.48. The second-order valence-corrected chi connectivity index (χ2v) is 6.44. The summed E-state index contributed by atoms with van der Waals surface area (Å²) in [7, 11) is 3.71. The summed E-state index contributed by atoms with van der Waals surface area (Å²) >= 11 is 0. The van der Waals surface area contributed by atoms with Gasteiger partial charge in [0.2, 0.25) is 5.95 Å². The van der Waals surface area contributed by atoms with Crippen LogP contribution in [0.3, 0.4) is 0 Å². The summed E-state index contributed by atoms with van der Waals surface area (Å²) in [5.41, 5.74) is 8.00. The topological polar surface area (TPSA) is 115 Å². The van der Waals surface area contributed by atoms with Crippen LogP contribution < -0.4 is 16.0 Å². The highest BCUT2D eigenvalue weighted by atomic mass is 16.1. The molecule has 3 N–H and O–H groups in total. The highest BCUT2D eigenvalue weighted by Gasteiger charge is 2.12. The third-order valence-electron chi connectivity index (χ3n) is 3.88. The summed E-state index contributed by atoms with van der Waals surface area (Å²) < 4.78 is 1.68. The smallest absolute Gasteiger partial charge is 0.251 e. The Morgan fingerprint density at radius 1 is 1.26 bits per heavy atom. The van der Waals surface area contributed by atoms with Crippen LogP contribution in [-0.2, 0) is 6.54 Å². The second-order valence-electron chi connectivity index (χ2n) is 6.44. The molecule has 140 valence electrons. The normalized spacial score (nSPS) is 11.8. The van der Waals surface area contributed by atoms with Crippen molar-refractivity contribution in [3.63, 3.8) is 0 Å². The van der Waals surface area contributed by atoms with Gasteiger partial charge in [-0.05, 0) is 19.1 Å². The SMILES string of the molecule is CC(Cn1cncn1)NC(=O)c1ccc(-c2cc(N)nc(N(C)C)n2)cc1. The van der Waals surface area contributed by atoms with Crippen molar-refractivity contribution in [2.45, 2.75) is 19.5 Å². The fraction of sp³-hybridized carbons (Fsp3) is 0.278. The largest absolute Gasteiger partial charge is 0.384 e. The van der Waals surface area contributed by atoms with E-state index in [0.29, 0.717) is 29.6 Å². The first-order valence-electron chi connectivity index (χ1n) is 8.48. The van der Waals surface area contributed by atoms with Crippen LogP contribution in [0.15, 0.2) is 43.0 Å². The standard InChI is InChI=1S/C18H22N8O/c1-12(9-26-11-20-10-21-26)22-17(27)14-6-4-13(5-7-14)15-8-16(19)24-18(23-15)25(2)3/h4-8,10-12H,9H2,1-3H3,(H,22,27)(H2,19,23,24). The average Bonchev–Trinajstić information content (AvgIpc) is 3.14. The van der Waals surface area contributed by atoms with Gasteiger partial charge in [0.25, 0.3) is 5.91 Å². The Balaban J connectivity index is 1.70. The number of anilines is 2. The molecule has 2 heterocycles. The minimum absolute atomic E-state index is 0.0804. The Hall–Kier alpha value is -3.49. The molecule has 1 unspecified atom stereocenters. The number of amides is 1. The van der Waals surface area contributed by atoms with Gasteiger partial charge in [0.05, 0.1) is 12.2 Å².